The quantitative estimate of drug-likeness (QED) is 0.861. The van der Waals surface area contributed by atoms with E-state index in [1.54, 1.807) is 24.3 Å². The summed E-state index contributed by atoms with van der Waals surface area (Å²) in [6.45, 7) is 4.37. The van der Waals surface area contributed by atoms with E-state index in [1.165, 1.54) is 6.26 Å². The Kier molecular flexibility index (Phi) is 5.36. The molecule has 2 rings (SSSR count). The highest BCUT2D eigenvalue weighted by Gasteiger charge is 2.09. The van der Waals surface area contributed by atoms with Crippen molar-refractivity contribution in [1.82, 2.24) is 10.6 Å². The normalized spacial score (nSPS) is 11.7. The van der Waals surface area contributed by atoms with Crippen molar-refractivity contribution in [3.8, 4) is 0 Å². The van der Waals surface area contributed by atoms with Crippen molar-refractivity contribution in [2.45, 2.75) is 32.9 Å². The van der Waals surface area contributed by atoms with Gasteiger partial charge >= 0.3 is 0 Å². The lowest BCUT2D eigenvalue weighted by Gasteiger charge is -2.11. The molecule has 0 radical (unpaired) electrons. The predicted molar refractivity (Wildman–Crippen MR) is 83.5 cm³/mol. The minimum Gasteiger partial charge on any atom is -0.459 e. The van der Waals surface area contributed by atoms with Crippen molar-refractivity contribution in [1.29, 1.82) is 0 Å². The first kappa shape index (κ1) is 15.8. The fourth-order valence-corrected chi connectivity index (χ4v) is 1.86. The molecular weight excluding hydrogens is 280 g/mol. The number of carbonyl (C=O) groups excluding carboxylic acids is 2. The van der Waals surface area contributed by atoms with Crippen LogP contribution in [0.4, 0.5) is 0 Å². The molecule has 1 atom stereocenters. The Morgan fingerprint density at radius 1 is 1.14 bits per heavy atom. The maximum absolute atomic E-state index is 12.0. The minimum absolute atomic E-state index is 0.0829. The Morgan fingerprint density at radius 2 is 1.86 bits per heavy atom. The summed E-state index contributed by atoms with van der Waals surface area (Å²) in [5, 5.41) is 5.67. The summed E-state index contributed by atoms with van der Waals surface area (Å²) in [7, 11) is 0. The summed E-state index contributed by atoms with van der Waals surface area (Å²) in [6, 6.07) is 10.6. The molecule has 0 saturated carbocycles. The Hall–Kier alpha value is -2.56. The summed E-state index contributed by atoms with van der Waals surface area (Å²) in [4.78, 5) is 23.7. The molecule has 2 amide bonds. The highest BCUT2D eigenvalue weighted by Crippen LogP contribution is 2.06. The molecule has 5 nitrogen and oxygen atoms in total. The lowest BCUT2D eigenvalue weighted by Crippen LogP contribution is -2.31. The van der Waals surface area contributed by atoms with Gasteiger partial charge in [-0.05, 0) is 43.2 Å². The molecule has 5 heteroatoms. The van der Waals surface area contributed by atoms with E-state index in [2.05, 4.69) is 10.6 Å². The summed E-state index contributed by atoms with van der Waals surface area (Å²) in [5.74, 6) is -0.0614. The van der Waals surface area contributed by atoms with Crippen LogP contribution < -0.4 is 10.6 Å². The number of hydrogen-bond acceptors (Lipinski definition) is 3. The third-order valence-electron chi connectivity index (χ3n) is 3.40. The van der Waals surface area contributed by atoms with Crippen LogP contribution in [0, 0.1) is 0 Å². The zero-order valence-electron chi connectivity index (χ0n) is 12.8. The fraction of sp³-hybridized carbons (Fsp3) is 0.294. The summed E-state index contributed by atoms with van der Waals surface area (Å²) < 4.78 is 5.02. The van der Waals surface area contributed by atoms with Crippen molar-refractivity contribution in [3.05, 3.63) is 59.5 Å². The van der Waals surface area contributed by atoms with Crippen LogP contribution in [0.2, 0.25) is 0 Å². The number of nitrogens with one attached hydrogen (secondary N) is 2. The van der Waals surface area contributed by atoms with Gasteiger partial charge in [0.2, 0.25) is 0 Å². The molecule has 2 aromatic rings. The van der Waals surface area contributed by atoms with E-state index in [0.717, 1.165) is 12.0 Å². The Bertz CT molecular complexity index is 618. The van der Waals surface area contributed by atoms with E-state index in [-0.39, 0.29) is 23.6 Å². The standard InChI is InChI=1S/C17H20N2O3/c1-3-12(2)19-16(20)14-8-6-13(7-9-14)11-18-17(21)15-5-4-10-22-15/h4-10,12H,3,11H2,1-2H3,(H,18,21)(H,19,20)/t12-/m1/s1. The third-order valence-corrected chi connectivity index (χ3v) is 3.40. The summed E-state index contributed by atoms with van der Waals surface area (Å²) >= 11 is 0. The van der Waals surface area contributed by atoms with Crippen LogP contribution in [-0.2, 0) is 6.54 Å². The first-order valence-corrected chi connectivity index (χ1v) is 7.31. The molecule has 0 fully saturated rings. The van der Waals surface area contributed by atoms with Crippen molar-refractivity contribution in [3.63, 3.8) is 0 Å². The minimum atomic E-state index is -0.261. The van der Waals surface area contributed by atoms with Gasteiger partial charge in [-0.3, -0.25) is 9.59 Å². The Labute approximate surface area is 129 Å². The van der Waals surface area contributed by atoms with E-state index in [4.69, 9.17) is 4.42 Å². The van der Waals surface area contributed by atoms with E-state index in [0.29, 0.717) is 12.1 Å². The summed E-state index contributed by atoms with van der Waals surface area (Å²) in [5.41, 5.74) is 1.53. The van der Waals surface area contributed by atoms with Gasteiger partial charge in [-0.25, -0.2) is 0 Å². The molecule has 1 aromatic carbocycles. The third kappa shape index (κ3) is 4.22. The fourth-order valence-electron chi connectivity index (χ4n) is 1.86. The second-order valence-electron chi connectivity index (χ2n) is 5.14. The zero-order chi connectivity index (χ0) is 15.9. The van der Waals surface area contributed by atoms with Gasteiger partial charge < -0.3 is 15.1 Å². The molecule has 2 N–H and O–H groups in total. The van der Waals surface area contributed by atoms with Gasteiger partial charge in [0.1, 0.15) is 0 Å². The van der Waals surface area contributed by atoms with E-state index >= 15 is 0 Å². The average Bonchev–Trinajstić information content (AvgIpc) is 3.07. The van der Waals surface area contributed by atoms with Crippen molar-refractivity contribution in [2.24, 2.45) is 0 Å². The topological polar surface area (TPSA) is 71.3 Å². The molecule has 1 aromatic heterocycles. The van der Waals surface area contributed by atoms with Crippen LogP contribution in [0.3, 0.4) is 0 Å². The average molecular weight is 300 g/mol. The van der Waals surface area contributed by atoms with Gasteiger partial charge in [0.15, 0.2) is 5.76 Å². The first-order chi connectivity index (χ1) is 10.6. The maximum atomic E-state index is 12.0. The number of benzene rings is 1. The van der Waals surface area contributed by atoms with Gasteiger partial charge in [-0.1, -0.05) is 19.1 Å². The van der Waals surface area contributed by atoms with Crippen molar-refractivity contribution in [2.75, 3.05) is 0 Å². The molecule has 0 aliphatic heterocycles. The predicted octanol–water partition coefficient (Wildman–Crippen LogP) is 2.74. The summed E-state index contributed by atoms with van der Waals surface area (Å²) in [6.07, 6.45) is 2.35. The van der Waals surface area contributed by atoms with Crippen LogP contribution >= 0.6 is 0 Å². The monoisotopic (exact) mass is 300 g/mol. The number of amides is 2. The number of furan rings is 1. The van der Waals surface area contributed by atoms with Gasteiger partial charge in [0.25, 0.3) is 11.8 Å². The zero-order valence-corrected chi connectivity index (χ0v) is 12.8. The molecule has 0 saturated heterocycles. The molecule has 0 aliphatic rings. The van der Waals surface area contributed by atoms with Crippen molar-refractivity contribution < 1.29 is 14.0 Å². The molecule has 1 heterocycles. The van der Waals surface area contributed by atoms with E-state index in [1.807, 2.05) is 26.0 Å². The number of hydrogen-bond donors (Lipinski definition) is 2. The second kappa shape index (κ2) is 7.45. The number of rotatable bonds is 6. The number of carbonyl (C=O) groups is 2. The largest absolute Gasteiger partial charge is 0.459 e. The molecule has 0 aliphatic carbocycles. The highest BCUT2D eigenvalue weighted by atomic mass is 16.3. The Morgan fingerprint density at radius 3 is 2.45 bits per heavy atom. The SMILES string of the molecule is CC[C@@H](C)NC(=O)c1ccc(CNC(=O)c2ccco2)cc1. The van der Waals surface area contributed by atoms with Gasteiger partial charge in [-0.15, -0.1) is 0 Å². The maximum Gasteiger partial charge on any atom is 0.287 e. The Balaban J connectivity index is 1.89. The van der Waals surface area contributed by atoms with E-state index in [9.17, 15) is 9.59 Å². The molecule has 0 spiro atoms. The molecule has 0 bridgehead atoms. The van der Waals surface area contributed by atoms with Gasteiger partial charge in [-0.2, -0.15) is 0 Å². The lowest BCUT2D eigenvalue weighted by molar-refractivity contribution is 0.0919. The van der Waals surface area contributed by atoms with Crippen LogP contribution in [0.5, 0.6) is 0 Å². The van der Waals surface area contributed by atoms with Gasteiger partial charge in [0.05, 0.1) is 6.26 Å². The van der Waals surface area contributed by atoms with Crippen LogP contribution in [-0.4, -0.2) is 17.9 Å². The van der Waals surface area contributed by atoms with Crippen LogP contribution in [0.25, 0.3) is 0 Å². The second-order valence-corrected chi connectivity index (χ2v) is 5.14. The van der Waals surface area contributed by atoms with Crippen LogP contribution in [0.1, 0.15) is 46.7 Å². The molecule has 22 heavy (non-hydrogen) atoms. The molecule has 0 unspecified atom stereocenters. The first-order valence-electron chi connectivity index (χ1n) is 7.31. The smallest absolute Gasteiger partial charge is 0.287 e. The van der Waals surface area contributed by atoms with Crippen LogP contribution in [0.15, 0.2) is 47.1 Å². The van der Waals surface area contributed by atoms with Gasteiger partial charge in [0, 0.05) is 18.2 Å². The van der Waals surface area contributed by atoms with E-state index < -0.39 is 0 Å². The van der Waals surface area contributed by atoms with Crippen molar-refractivity contribution >= 4 is 11.8 Å². The highest BCUT2D eigenvalue weighted by molar-refractivity contribution is 5.94. The molecular formula is C17H20N2O3. The lowest BCUT2D eigenvalue weighted by atomic mass is 10.1. The molecule has 116 valence electrons.